The lowest BCUT2D eigenvalue weighted by Crippen LogP contribution is -2.49. The molecule has 11 nitrogen and oxygen atoms in total. The molecule has 43 heavy (non-hydrogen) atoms. The van der Waals surface area contributed by atoms with Crippen molar-refractivity contribution in [3.05, 3.63) is 40.2 Å². The van der Waals surface area contributed by atoms with Crippen LogP contribution in [0.4, 0.5) is 18.9 Å². The maximum atomic E-state index is 13.4. The van der Waals surface area contributed by atoms with Gasteiger partial charge in [0.15, 0.2) is 0 Å². The smallest absolute Gasteiger partial charge is 0.392 e. The second kappa shape index (κ2) is 15.9. The molecule has 0 radical (unpaired) electrons. The number of aliphatic hydroxyl groups is 3. The number of aromatic nitrogens is 1. The van der Waals surface area contributed by atoms with Crippen LogP contribution in [0.3, 0.4) is 0 Å². The maximum Gasteiger partial charge on any atom is 0.417 e. The first-order valence-corrected chi connectivity index (χ1v) is 14.7. The first kappa shape index (κ1) is 34.9. The van der Waals surface area contributed by atoms with Crippen molar-refractivity contribution in [1.29, 1.82) is 0 Å². The van der Waals surface area contributed by atoms with Crippen LogP contribution < -0.4 is 10.9 Å². The van der Waals surface area contributed by atoms with E-state index < -0.39 is 35.6 Å². The Bertz CT molecular complexity index is 1210. The second-order valence-electron chi connectivity index (χ2n) is 11.6. The summed E-state index contributed by atoms with van der Waals surface area (Å²) < 4.78 is 40.3. The van der Waals surface area contributed by atoms with Gasteiger partial charge in [0, 0.05) is 89.1 Å². The van der Waals surface area contributed by atoms with E-state index >= 15 is 0 Å². The number of aliphatic hydroxyl groups excluding tert-OH is 3. The zero-order valence-electron chi connectivity index (χ0n) is 25.1. The predicted octanol–water partition coefficient (Wildman–Crippen LogP) is 0.849. The van der Waals surface area contributed by atoms with E-state index in [1.807, 2.05) is 4.90 Å². The fourth-order valence-electron chi connectivity index (χ4n) is 5.38. The molecule has 0 aliphatic carbocycles. The van der Waals surface area contributed by atoms with Crippen LogP contribution in [-0.2, 0) is 11.0 Å². The molecule has 1 aliphatic rings. The molecule has 1 aromatic heterocycles. The summed E-state index contributed by atoms with van der Waals surface area (Å²) in [4.78, 5) is 35.8. The maximum absolute atomic E-state index is 13.4. The summed E-state index contributed by atoms with van der Waals surface area (Å²) in [5.41, 5.74) is -1.70. The molecule has 1 amide bonds. The van der Waals surface area contributed by atoms with Crippen LogP contribution in [0.1, 0.15) is 26.3 Å². The Kier molecular flexibility index (Phi) is 12.9. The van der Waals surface area contributed by atoms with Crippen molar-refractivity contribution in [1.82, 2.24) is 24.6 Å². The van der Waals surface area contributed by atoms with E-state index in [0.717, 1.165) is 0 Å². The molecule has 1 aliphatic heterocycles. The molecular formula is C29H45F3N6O5. The quantitative estimate of drug-likeness (QED) is 0.279. The van der Waals surface area contributed by atoms with Crippen LogP contribution >= 0.6 is 0 Å². The average molecular weight is 615 g/mol. The Hall–Kier alpha value is -2.59. The van der Waals surface area contributed by atoms with Gasteiger partial charge in [-0.25, -0.2) is 0 Å². The normalized spacial score (nSPS) is 19.8. The van der Waals surface area contributed by atoms with E-state index in [0.29, 0.717) is 78.1 Å². The molecule has 1 aromatic carbocycles. The lowest BCUT2D eigenvalue weighted by molar-refractivity contribution is -0.136. The minimum absolute atomic E-state index is 0.0103. The third-order valence-corrected chi connectivity index (χ3v) is 7.30. The molecule has 3 rings (SSSR count). The summed E-state index contributed by atoms with van der Waals surface area (Å²) in [5, 5.41) is 32.7. The molecule has 2 heterocycles. The largest absolute Gasteiger partial charge is 0.417 e. The number of nitrogens with zero attached hydrogens (tertiary/aromatic N) is 4. The van der Waals surface area contributed by atoms with Gasteiger partial charge in [0.1, 0.15) is 0 Å². The Morgan fingerprint density at radius 2 is 1.26 bits per heavy atom. The Labute approximate surface area is 249 Å². The fraction of sp³-hybridized carbons (Fsp3) is 0.655. The van der Waals surface area contributed by atoms with Gasteiger partial charge in [-0.15, -0.1) is 0 Å². The van der Waals surface area contributed by atoms with Gasteiger partial charge in [-0.05, 0) is 32.9 Å². The zero-order valence-corrected chi connectivity index (χ0v) is 25.1. The average Bonchev–Trinajstić information content (AvgIpc) is 2.88. The third kappa shape index (κ3) is 11.8. The van der Waals surface area contributed by atoms with Gasteiger partial charge in [0.25, 0.3) is 0 Å². The first-order valence-electron chi connectivity index (χ1n) is 14.7. The van der Waals surface area contributed by atoms with Crippen molar-refractivity contribution < 1.29 is 33.3 Å². The highest BCUT2D eigenvalue weighted by atomic mass is 19.4. The number of benzene rings is 1. The first-order chi connectivity index (χ1) is 20.2. The zero-order chi connectivity index (χ0) is 31.7. The standard InChI is InChI=1S/C29H45F3N6O5/c1-20(39)16-35-6-8-36(17-21(2)40)10-12-38(13-11-37(9-7-35)18-22(3)41)19-28(43)33-23-4-5-24-25(29(30,31)32)15-27(42)34-26(24)14-23/h4-5,14-15,20-22,39-41H,6-13,16-19H2,1-3H3,(H,33,43)(H,34,42)/t20-,21-,22-/m0/s1. The minimum Gasteiger partial charge on any atom is -0.392 e. The summed E-state index contributed by atoms with van der Waals surface area (Å²) >= 11 is 0. The molecule has 0 bridgehead atoms. The van der Waals surface area contributed by atoms with Crippen molar-refractivity contribution in [2.75, 3.05) is 83.9 Å². The van der Waals surface area contributed by atoms with Crippen molar-refractivity contribution in [3.63, 3.8) is 0 Å². The van der Waals surface area contributed by atoms with Crippen LogP contribution in [0, 0.1) is 0 Å². The number of amides is 1. The van der Waals surface area contributed by atoms with E-state index in [1.54, 1.807) is 20.8 Å². The minimum atomic E-state index is -4.70. The topological polar surface area (TPSA) is 136 Å². The van der Waals surface area contributed by atoms with Gasteiger partial charge in [-0.2, -0.15) is 13.2 Å². The predicted molar refractivity (Wildman–Crippen MR) is 159 cm³/mol. The summed E-state index contributed by atoms with van der Waals surface area (Å²) in [6, 6.07) is 4.43. The van der Waals surface area contributed by atoms with E-state index in [2.05, 4.69) is 25.0 Å². The van der Waals surface area contributed by atoms with Gasteiger partial charge in [0.2, 0.25) is 11.5 Å². The molecule has 2 aromatic rings. The lowest BCUT2D eigenvalue weighted by Gasteiger charge is -2.35. The number of pyridine rings is 1. The summed E-state index contributed by atoms with van der Waals surface area (Å²) in [6.07, 6.45) is -6.29. The highest BCUT2D eigenvalue weighted by Crippen LogP contribution is 2.33. The number of hydrogen-bond acceptors (Lipinski definition) is 9. The highest BCUT2D eigenvalue weighted by molar-refractivity contribution is 5.95. The number of fused-ring (bicyclic) bond motifs is 1. The van der Waals surface area contributed by atoms with Crippen molar-refractivity contribution >= 4 is 22.5 Å². The molecule has 0 unspecified atom stereocenters. The van der Waals surface area contributed by atoms with Crippen LogP contribution in [-0.4, -0.2) is 143 Å². The SMILES string of the molecule is C[C@H](O)CN1CCN(CC(=O)Nc2ccc3c(C(F)(F)F)cc(=O)[nH]c3c2)CCN(C[C@H](C)O)CCN(C[C@H](C)O)CC1. The summed E-state index contributed by atoms with van der Waals surface area (Å²) in [6.45, 7) is 11.5. The van der Waals surface area contributed by atoms with E-state index in [9.17, 15) is 38.1 Å². The lowest BCUT2D eigenvalue weighted by atomic mass is 10.1. The number of aromatic amines is 1. The van der Waals surface area contributed by atoms with E-state index in [4.69, 9.17) is 0 Å². The molecule has 3 atom stereocenters. The molecule has 0 spiro atoms. The van der Waals surface area contributed by atoms with Crippen molar-refractivity contribution in [3.8, 4) is 0 Å². The third-order valence-electron chi connectivity index (χ3n) is 7.30. The number of hydrogen-bond donors (Lipinski definition) is 5. The summed E-state index contributed by atoms with van der Waals surface area (Å²) in [5.74, 6) is -0.368. The van der Waals surface area contributed by atoms with Crippen molar-refractivity contribution in [2.24, 2.45) is 0 Å². The summed E-state index contributed by atoms with van der Waals surface area (Å²) in [7, 11) is 0. The second-order valence-corrected chi connectivity index (χ2v) is 11.6. The van der Waals surface area contributed by atoms with Crippen molar-refractivity contribution in [2.45, 2.75) is 45.3 Å². The van der Waals surface area contributed by atoms with Gasteiger partial charge in [0.05, 0.1) is 35.9 Å². The Balaban J connectivity index is 1.75. The molecular weight excluding hydrogens is 569 g/mol. The van der Waals surface area contributed by atoms with Gasteiger partial charge >= 0.3 is 6.18 Å². The molecule has 5 N–H and O–H groups in total. The van der Waals surface area contributed by atoms with E-state index in [-0.39, 0.29) is 29.0 Å². The number of anilines is 1. The number of halogens is 3. The number of alkyl halides is 3. The van der Waals surface area contributed by atoms with E-state index in [1.165, 1.54) is 18.2 Å². The Morgan fingerprint density at radius 1 is 0.814 bits per heavy atom. The van der Waals surface area contributed by atoms with Gasteiger partial charge in [-0.1, -0.05) is 6.07 Å². The molecule has 0 saturated carbocycles. The van der Waals surface area contributed by atoms with Gasteiger partial charge in [-0.3, -0.25) is 29.2 Å². The molecule has 1 fully saturated rings. The number of rotatable bonds is 9. The number of nitrogens with one attached hydrogen (secondary N) is 2. The fourth-order valence-corrected chi connectivity index (χ4v) is 5.38. The van der Waals surface area contributed by atoms with Crippen LogP contribution in [0.5, 0.6) is 0 Å². The van der Waals surface area contributed by atoms with Crippen LogP contribution in [0.25, 0.3) is 10.9 Å². The number of β-amino-alcohol motifs (C(OH)–C–C–N with tert-alkyl or cyclic N) is 3. The number of carbonyl (C=O) groups is 1. The number of H-pyrrole nitrogens is 1. The van der Waals surface area contributed by atoms with Gasteiger partial charge < -0.3 is 25.6 Å². The molecule has 1 saturated heterocycles. The number of carbonyl (C=O) groups excluding carboxylic acids is 1. The molecule has 242 valence electrons. The highest BCUT2D eigenvalue weighted by Gasteiger charge is 2.33. The molecule has 14 heteroatoms. The monoisotopic (exact) mass is 614 g/mol. The van der Waals surface area contributed by atoms with Crippen LogP contribution in [0.2, 0.25) is 0 Å². The Morgan fingerprint density at radius 3 is 1.67 bits per heavy atom. The van der Waals surface area contributed by atoms with Crippen LogP contribution in [0.15, 0.2) is 29.1 Å².